The Morgan fingerprint density at radius 1 is 1.00 bits per heavy atom. The van der Waals surface area contributed by atoms with Gasteiger partial charge in [0.05, 0.1) is 38.6 Å². The predicted molar refractivity (Wildman–Crippen MR) is 134 cm³/mol. The van der Waals surface area contributed by atoms with Gasteiger partial charge in [-0.25, -0.2) is 9.78 Å². The highest BCUT2D eigenvalue weighted by atomic mass is 32.1. The Morgan fingerprint density at radius 3 is 2.28 bits per heavy atom. The van der Waals surface area contributed by atoms with Gasteiger partial charge in [0.2, 0.25) is 0 Å². The largest absolute Gasteiger partial charge is 0.507 e. The first-order valence-electron chi connectivity index (χ1n) is 10.9. The number of thiazole rings is 1. The third kappa shape index (κ3) is 4.20. The van der Waals surface area contributed by atoms with Crippen LogP contribution in [0.1, 0.15) is 38.1 Å². The Labute approximate surface area is 211 Å². The number of esters is 1. The first-order chi connectivity index (χ1) is 17.2. The Hall–Kier alpha value is -4.18. The van der Waals surface area contributed by atoms with Gasteiger partial charge < -0.3 is 19.3 Å². The third-order valence-electron chi connectivity index (χ3n) is 5.85. The number of hydrogen-bond donors (Lipinski definition) is 1. The van der Waals surface area contributed by atoms with Crippen molar-refractivity contribution in [3.05, 3.63) is 75.3 Å². The van der Waals surface area contributed by atoms with Crippen LogP contribution in [0.5, 0.6) is 11.5 Å². The molecule has 2 aromatic carbocycles. The molecule has 186 valence electrons. The van der Waals surface area contributed by atoms with Crippen molar-refractivity contribution >= 4 is 39.9 Å². The first-order valence-corrected chi connectivity index (χ1v) is 11.7. The Balaban J connectivity index is 1.96. The maximum atomic E-state index is 13.4. The van der Waals surface area contributed by atoms with E-state index in [1.807, 2.05) is 6.92 Å². The average Bonchev–Trinajstić information content (AvgIpc) is 3.39. The lowest BCUT2D eigenvalue weighted by Crippen LogP contribution is -2.29. The number of Topliss-reactive ketones (excluding diaryl/α,β-unsaturated/α-hetero) is 1. The van der Waals surface area contributed by atoms with E-state index in [1.54, 1.807) is 49.4 Å². The summed E-state index contributed by atoms with van der Waals surface area (Å²) < 4.78 is 15.6. The van der Waals surface area contributed by atoms with Crippen molar-refractivity contribution in [1.82, 2.24) is 4.98 Å². The molecule has 10 heteroatoms. The number of aromatic nitrogens is 1. The minimum absolute atomic E-state index is 0.108. The maximum absolute atomic E-state index is 13.4. The molecule has 1 aliphatic rings. The van der Waals surface area contributed by atoms with Gasteiger partial charge in [0.25, 0.3) is 5.78 Å². The molecule has 1 aliphatic heterocycles. The van der Waals surface area contributed by atoms with E-state index in [0.29, 0.717) is 28.3 Å². The molecule has 0 spiro atoms. The summed E-state index contributed by atoms with van der Waals surface area (Å²) >= 11 is 0.930. The molecule has 1 N–H and O–H groups in total. The van der Waals surface area contributed by atoms with Gasteiger partial charge >= 0.3 is 11.9 Å². The van der Waals surface area contributed by atoms with Crippen molar-refractivity contribution in [2.75, 3.05) is 26.2 Å². The normalized spacial score (nSPS) is 16.8. The zero-order valence-electron chi connectivity index (χ0n) is 20.3. The zero-order valence-corrected chi connectivity index (χ0v) is 21.1. The highest BCUT2D eigenvalue weighted by molar-refractivity contribution is 7.17. The number of aryl methyl sites for hydroxylation is 2. The van der Waals surface area contributed by atoms with Crippen molar-refractivity contribution in [3.63, 3.8) is 0 Å². The summed E-state index contributed by atoms with van der Waals surface area (Å²) in [5.74, 6) is -1.85. The summed E-state index contributed by atoms with van der Waals surface area (Å²) in [4.78, 5) is 44.7. The second-order valence-electron chi connectivity index (χ2n) is 8.05. The molecule has 1 atom stereocenters. The topological polar surface area (TPSA) is 115 Å². The number of methoxy groups -OCH3 is 3. The van der Waals surface area contributed by atoms with Crippen LogP contribution in [0.4, 0.5) is 5.13 Å². The van der Waals surface area contributed by atoms with Crippen LogP contribution in [-0.2, 0) is 14.3 Å². The minimum Gasteiger partial charge on any atom is -0.507 e. The lowest BCUT2D eigenvalue weighted by atomic mass is 9.95. The lowest BCUT2D eigenvalue weighted by Gasteiger charge is -2.23. The molecule has 1 fully saturated rings. The number of ether oxygens (including phenoxy) is 3. The van der Waals surface area contributed by atoms with Crippen LogP contribution in [0.3, 0.4) is 0 Å². The summed E-state index contributed by atoms with van der Waals surface area (Å²) in [6.45, 7) is 3.51. The number of nitrogens with zero attached hydrogens (tertiary/aromatic N) is 2. The minimum atomic E-state index is -1.04. The number of aliphatic hydroxyl groups excluding tert-OH is 1. The molecule has 4 rings (SSSR count). The van der Waals surface area contributed by atoms with E-state index >= 15 is 0 Å². The molecule has 36 heavy (non-hydrogen) atoms. The molecule has 0 radical (unpaired) electrons. The van der Waals surface area contributed by atoms with Crippen LogP contribution in [-0.4, -0.2) is 49.1 Å². The van der Waals surface area contributed by atoms with Crippen molar-refractivity contribution in [2.24, 2.45) is 0 Å². The van der Waals surface area contributed by atoms with E-state index in [2.05, 4.69) is 4.98 Å². The number of aliphatic hydroxyl groups is 1. The fourth-order valence-electron chi connectivity index (χ4n) is 4.00. The van der Waals surface area contributed by atoms with Gasteiger partial charge in [-0.1, -0.05) is 47.2 Å². The van der Waals surface area contributed by atoms with E-state index in [1.165, 1.54) is 26.2 Å². The molecule has 2 heterocycles. The van der Waals surface area contributed by atoms with Crippen LogP contribution in [0, 0.1) is 13.8 Å². The molecule has 9 nitrogen and oxygen atoms in total. The summed E-state index contributed by atoms with van der Waals surface area (Å²) in [5.41, 5.74) is 2.08. The molecule has 0 bridgehead atoms. The third-order valence-corrected chi connectivity index (χ3v) is 6.99. The van der Waals surface area contributed by atoms with E-state index in [0.717, 1.165) is 16.9 Å². The number of amides is 1. The molecular formula is C26H24N2O7S. The van der Waals surface area contributed by atoms with Crippen LogP contribution in [0.15, 0.2) is 48.0 Å². The highest BCUT2D eigenvalue weighted by Crippen LogP contribution is 2.45. The molecule has 0 saturated carbocycles. The summed E-state index contributed by atoms with van der Waals surface area (Å²) in [7, 11) is 4.21. The Morgan fingerprint density at radius 2 is 1.67 bits per heavy atom. The fraction of sp³-hybridized carbons (Fsp3) is 0.231. The van der Waals surface area contributed by atoms with Crippen molar-refractivity contribution in [1.29, 1.82) is 0 Å². The number of rotatable bonds is 6. The smallest absolute Gasteiger partial charge is 0.350 e. The second kappa shape index (κ2) is 9.82. The maximum Gasteiger partial charge on any atom is 0.350 e. The number of anilines is 1. The number of benzene rings is 2. The molecule has 3 aromatic rings. The molecule has 1 unspecified atom stereocenters. The Bertz CT molecular complexity index is 1390. The van der Waals surface area contributed by atoms with E-state index in [9.17, 15) is 19.5 Å². The highest BCUT2D eigenvalue weighted by Gasteiger charge is 2.48. The van der Waals surface area contributed by atoms with Crippen LogP contribution in [0.2, 0.25) is 0 Å². The summed E-state index contributed by atoms with van der Waals surface area (Å²) in [6, 6.07) is 10.8. The molecule has 1 amide bonds. The van der Waals surface area contributed by atoms with Crippen molar-refractivity contribution < 1.29 is 33.7 Å². The Kier molecular flexibility index (Phi) is 6.80. The number of carbonyl (C=O) groups excluding carboxylic acids is 3. The summed E-state index contributed by atoms with van der Waals surface area (Å²) in [6.07, 6.45) is 0. The van der Waals surface area contributed by atoms with Crippen LogP contribution < -0.4 is 14.4 Å². The quantitative estimate of drug-likeness (QED) is 0.228. The van der Waals surface area contributed by atoms with Crippen molar-refractivity contribution in [2.45, 2.75) is 19.9 Å². The van der Waals surface area contributed by atoms with Gasteiger partial charge in [0.15, 0.2) is 16.6 Å². The second-order valence-corrected chi connectivity index (χ2v) is 9.03. The lowest BCUT2D eigenvalue weighted by molar-refractivity contribution is -0.132. The van der Waals surface area contributed by atoms with E-state index in [-0.39, 0.29) is 21.3 Å². The fourth-order valence-corrected chi connectivity index (χ4v) is 5.01. The first kappa shape index (κ1) is 24.9. The molecule has 1 aromatic heterocycles. The number of carbonyl (C=O) groups is 3. The van der Waals surface area contributed by atoms with Gasteiger partial charge in [-0.2, -0.15) is 0 Å². The van der Waals surface area contributed by atoms with Gasteiger partial charge in [0.1, 0.15) is 10.6 Å². The molecule has 0 aliphatic carbocycles. The van der Waals surface area contributed by atoms with Gasteiger partial charge in [-0.3, -0.25) is 14.5 Å². The van der Waals surface area contributed by atoms with E-state index < -0.39 is 23.7 Å². The average molecular weight is 509 g/mol. The predicted octanol–water partition coefficient (Wildman–Crippen LogP) is 4.19. The zero-order chi connectivity index (χ0) is 26.1. The monoisotopic (exact) mass is 508 g/mol. The van der Waals surface area contributed by atoms with E-state index in [4.69, 9.17) is 14.2 Å². The number of ketones is 1. The standard InChI is InChI=1S/C26H24N2O7S/c1-13-6-8-15(9-7-13)21(29)19-20(16-10-11-17(33-3)18(12-16)34-4)28(24(31)22(19)30)26-27-14(2)23(36-26)25(32)35-5/h6-12,20,29H,1-5H3/b21-19+. The van der Waals surface area contributed by atoms with Gasteiger partial charge in [0, 0.05) is 5.56 Å². The van der Waals surface area contributed by atoms with Crippen LogP contribution in [0.25, 0.3) is 5.76 Å². The van der Waals surface area contributed by atoms with Crippen molar-refractivity contribution in [3.8, 4) is 11.5 Å². The SMILES string of the molecule is COC(=O)c1sc(N2C(=O)C(=O)/C(=C(/O)c3ccc(C)cc3)C2c2ccc(OC)c(OC)c2)nc1C. The van der Waals surface area contributed by atoms with Gasteiger partial charge in [-0.15, -0.1) is 0 Å². The summed E-state index contributed by atoms with van der Waals surface area (Å²) in [5, 5.41) is 11.4. The molecular weight excluding hydrogens is 484 g/mol. The number of hydrogen-bond acceptors (Lipinski definition) is 9. The van der Waals surface area contributed by atoms with Crippen LogP contribution >= 0.6 is 11.3 Å². The van der Waals surface area contributed by atoms with Gasteiger partial charge in [-0.05, 0) is 31.5 Å². The molecule has 1 saturated heterocycles.